The lowest BCUT2D eigenvalue weighted by Crippen LogP contribution is -2.35. The third-order valence-electron chi connectivity index (χ3n) is 4.05. The van der Waals surface area contributed by atoms with Crippen molar-refractivity contribution in [3.05, 3.63) is 0 Å². The minimum absolute atomic E-state index is 0.0563. The van der Waals surface area contributed by atoms with Crippen LogP contribution in [0.4, 0.5) is 0 Å². The summed E-state index contributed by atoms with van der Waals surface area (Å²) in [5, 5.41) is 19.6. The molecule has 4 unspecified atom stereocenters. The molecule has 0 bridgehead atoms. The second-order valence-corrected chi connectivity index (χ2v) is 5.69. The lowest BCUT2D eigenvalue weighted by atomic mass is 9.94. The highest BCUT2D eigenvalue weighted by atomic mass is 16.6. The van der Waals surface area contributed by atoms with Crippen LogP contribution in [0.1, 0.15) is 38.5 Å². The normalized spacial score (nSPS) is 27.9. The van der Waals surface area contributed by atoms with Crippen LogP contribution in [0, 0.1) is 11.8 Å². The maximum atomic E-state index is 10.9. The van der Waals surface area contributed by atoms with Gasteiger partial charge in [0.1, 0.15) is 13.2 Å². The molecule has 0 spiro atoms. The van der Waals surface area contributed by atoms with E-state index in [1.807, 2.05) is 0 Å². The maximum absolute atomic E-state index is 10.9. The zero-order chi connectivity index (χ0) is 14.5. The van der Waals surface area contributed by atoms with Gasteiger partial charge >= 0.3 is 11.9 Å². The standard InChI is InChI=1S/C14H22O6/c15-11(3-1-9-7-19-13(9)17)5-6-12(16)4-2-10-8-20-14(10)18/h9-12,15-16H,1-8H2. The van der Waals surface area contributed by atoms with Gasteiger partial charge in [-0.2, -0.15) is 0 Å². The van der Waals surface area contributed by atoms with Crippen molar-refractivity contribution in [2.24, 2.45) is 11.8 Å². The van der Waals surface area contributed by atoms with E-state index in [9.17, 15) is 19.8 Å². The number of carbonyl (C=O) groups is 2. The van der Waals surface area contributed by atoms with E-state index < -0.39 is 12.2 Å². The number of hydrogen-bond acceptors (Lipinski definition) is 6. The van der Waals surface area contributed by atoms with Gasteiger partial charge in [0.2, 0.25) is 0 Å². The van der Waals surface area contributed by atoms with E-state index in [4.69, 9.17) is 0 Å². The summed E-state index contributed by atoms with van der Waals surface area (Å²) in [5.41, 5.74) is 0. The molecule has 0 aromatic rings. The summed E-state index contributed by atoms with van der Waals surface area (Å²) in [5.74, 6) is -0.465. The van der Waals surface area contributed by atoms with Crippen LogP contribution in [0.5, 0.6) is 0 Å². The van der Waals surface area contributed by atoms with Crippen molar-refractivity contribution < 1.29 is 29.3 Å². The van der Waals surface area contributed by atoms with Gasteiger partial charge in [0.15, 0.2) is 0 Å². The van der Waals surface area contributed by atoms with Crippen LogP contribution in [0.25, 0.3) is 0 Å². The Morgan fingerprint density at radius 3 is 1.50 bits per heavy atom. The predicted octanol–water partition coefficient (Wildman–Crippen LogP) is 0.395. The molecule has 20 heavy (non-hydrogen) atoms. The molecular formula is C14H22O6. The Morgan fingerprint density at radius 2 is 1.25 bits per heavy atom. The third-order valence-corrected chi connectivity index (χ3v) is 4.05. The van der Waals surface area contributed by atoms with Gasteiger partial charge in [-0.15, -0.1) is 0 Å². The molecule has 2 saturated heterocycles. The van der Waals surface area contributed by atoms with Crippen LogP contribution in [-0.4, -0.2) is 47.6 Å². The SMILES string of the molecule is O=C1OCC1CCC(O)CCC(O)CCC1COC1=O. The fraction of sp³-hybridized carbons (Fsp3) is 0.857. The average Bonchev–Trinajstić information content (AvgIpc) is 2.42. The van der Waals surface area contributed by atoms with Gasteiger partial charge in [0, 0.05) is 0 Å². The molecule has 2 heterocycles. The first kappa shape index (κ1) is 15.3. The van der Waals surface area contributed by atoms with E-state index in [2.05, 4.69) is 9.47 Å². The van der Waals surface area contributed by atoms with Crippen LogP contribution in [-0.2, 0) is 19.1 Å². The smallest absolute Gasteiger partial charge is 0.312 e. The third kappa shape index (κ3) is 4.18. The summed E-state index contributed by atoms with van der Waals surface area (Å²) < 4.78 is 9.31. The summed E-state index contributed by atoms with van der Waals surface area (Å²) in [6.07, 6.45) is 2.44. The largest absolute Gasteiger partial charge is 0.464 e. The lowest BCUT2D eigenvalue weighted by molar-refractivity contribution is -0.170. The minimum atomic E-state index is -0.494. The minimum Gasteiger partial charge on any atom is -0.464 e. The molecule has 0 amide bonds. The van der Waals surface area contributed by atoms with Gasteiger partial charge in [0.05, 0.1) is 24.0 Å². The molecule has 0 aromatic carbocycles. The molecule has 6 nitrogen and oxygen atoms in total. The van der Waals surface area contributed by atoms with E-state index in [0.717, 1.165) is 0 Å². The summed E-state index contributed by atoms with van der Waals surface area (Å²) in [6, 6.07) is 0. The molecular weight excluding hydrogens is 264 g/mol. The number of hydrogen-bond donors (Lipinski definition) is 2. The van der Waals surface area contributed by atoms with Gasteiger partial charge in [-0.25, -0.2) is 0 Å². The molecule has 6 heteroatoms. The number of rotatable bonds is 9. The van der Waals surface area contributed by atoms with Crippen molar-refractivity contribution in [3.63, 3.8) is 0 Å². The topological polar surface area (TPSA) is 93.1 Å². The Morgan fingerprint density at radius 1 is 0.850 bits per heavy atom. The number of aliphatic hydroxyl groups is 2. The van der Waals surface area contributed by atoms with Crippen molar-refractivity contribution in [2.45, 2.75) is 50.7 Å². The number of aliphatic hydroxyl groups excluding tert-OH is 2. The second kappa shape index (κ2) is 7.04. The number of esters is 2. The van der Waals surface area contributed by atoms with Crippen LogP contribution < -0.4 is 0 Å². The van der Waals surface area contributed by atoms with Crippen molar-refractivity contribution in [1.29, 1.82) is 0 Å². The molecule has 114 valence electrons. The van der Waals surface area contributed by atoms with Crippen LogP contribution in [0.3, 0.4) is 0 Å². The van der Waals surface area contributed by atoms with Gasteiger partial charge in [0.25, 0.3) is 0 Å². The highest BCUT2D eigenvalue weighted by Crippen LogP contribution is 2.22. The van der Waals surface area contributed by atoms with Crippen LogP contribution in [0.2, 0.25) is 0 Å². The fourth-order valence-corrected chi connectivity index (χ4v) is 2.40. The summed E-state index contributed by atoms with van der Waals surface area (Å²) in [4.78, 5) is 21.9. The molecule has 2 N–H and O–H groups in total. The Hall–Kier alpha value is -1.14. The summed E-state index contributed by atoms with van der Waals surface area (Å²) in [6.45, 7) is 0.928. The quantitative estimate of drug-likeness (QED) is 0.596. The van der Waals surface area contributed by atoms with Crippen LogP contribution in [0.15, 0.2) is 0 Å². The number of cyclic esters (lactones) is 2. The number of carbonyl (C=O) groups excluding carboxylic acids is 2. The van der Waals surface area contributed by atoms with E-state index in [1.165, 1.54) is 0 Å². The van der Waals surface area contributed by atoms with E-state index >= 15 is 0 Å². The zero-order valence-electron chi connectivity index (χ0n) is 11.5. The molecule has 2 rings (SSSR count). The van der Waals surface area contributed by atoms with Crippen molar-refractivity contribution >= 4 is 11.9 Å². The van der Waals surface area contributed by atoms with Crippen molar-refractivity contribution in [2.75, 3.05) is 13.2 Å². The Balaban J connectivity index is 1.49. The first-order valence-electron chi connectivity index (χ1n) is 7.25. The highest BCUT2D eigenvalue weighted by Gasteiger charge is 2.31. The molecule has 0 saturated carbocycles. The monoisotopic (exact) mass is 286 g/mol. The Kier molecular flexibility index (Phi) is 5.37. The molecule has 0 radical (unpaired) electrons. The molecule has 2 aliphatic rings. The zero-order valence-corrected chi connectivity index (χ0v) is 11.5. The average molecular weight is 286 g/mol. The number of ether oxygens (including phenoxy) is 2. The molecule has 0 aliphatic carbocycles. The van der Waals surface area contributed by atoms with Crippen molar-refractivity contribution in [1.82, 2.24) is 0 Å². The Labute approximate surface area is 118 Å². The van der Waals surface area contributed by atoms with E-state index in [1.54, 1.807) is 0 Å². The second-order valence-electron chi connectivity index (χ2n) is 5.69. The van der Waals surface area contributed by atoms with E-state index in [-0.39, 0.29) is 23.8 Å². The summed E-state index contributed by atoms with van der Waals surface area (Å²) in [7, 11) is 0. The molecule has 4 atom stereocenters. The van der Waals surface area contributed by atoms with Gasteiger partial charge in [-0.3, -0.25) is 9.59 Å². The summed E-state index contributed by atoms with van der Waals surface area (Å²) >= 11 is 0. The van der Waals surface area contributed by atoms with Crippen LogP contribution >= 0.6 is 0 Å². The van der Waals surface area contributed by atoms with Gasteiger partial charge in [-0.05, 0) is 38.5 Å². The highest BCUT2D eigenvalue weighted by molar-refractivity contribution is 5.77. The van der Waals surface area contributed by atoms with Gasteiger partial charge < -0.3 is 19.7 Å². The molecule has 2 aliphatic heterocycles. The maximum Gasteiger partial charge on any atom is 0.312 e. The van der Waals surface area contributed by atoms with E-state index in [0.29, 0.717) is 51.7 Å². The van der Waals surface area contributed by atoms with Crippen molar-refractivity contribution in [3.8, 4) is 0 Å². The Bertz CT molecular complexity index is 322. The molecule has 2 fully saturated rings. The first-order chi connectivity index (χ1) is 9.56. The first-order valence-corrected chi connectivity index (χ1v) is 7.25. The van der Waals surface area contributed by atoms with Gasteiger partial charge in [-0.1, -0.05) is 0 Å². The lowest BCUT2D eigenvalue weighted by Gasteiger charge is -2.26. The fourth-order valence-electron chi connectivity index (χ4n) is 2.40. The predicted molar refractivity (Wildman–Crippen MR) is 68.6 cm³/mol. The molecule has 0 aromatic heterocycles.